The molecule has 47 valence electrons. The van der Waals surface area contributed by atoms with Crippen LogP contribution in [0.1, 0.15) is 20.8 Å². The van der Waals surface area contributed by atoms with Gasteiger partial charge in [0.15, 0.2) is 0 Å². The van der Waals surface area contributed by atoms with Crippen LogP contribution in [0.4, 0.5) is 0 Å². The first-order chi connectivity index (χ1) is 2.00. The average Bonchev–Trinajstić information content (AvgIpc) is 0.722. The van der Waals surface area contributed by atoms with Gasteiger partial charge in [-0.2, -0.15) is 0 Å². The van der Waals surface area contributed by atoms with Gasteiger partial charge < -0.3 is 17.5 Å². The fourth-order valence-electron chi connectivity index (χ4n) is 0. The first-order valence-corrected chi connectivity index (χ1v) is 1.72. The number of rotatable bonds is 0. The Morgan fingerprint density at radius 3 is 1.14 bits per heavy atom. The molecular weight excluding hydrogens is 154 g/mol. The molecule has 0 fully saturated rings. The molecule has 0 bridgehead atoms. The number of aliphatic hydroxyl groups is 1. The minimum atomic E-state index is -0.500. The summed E-state index contributed by atoms with van der Waals surface area (Å²) in [6, 6.07) is 0. The van der Waals surface area contributed by atoms with Gasteiger partial charge in [-0.1, -0.05) is 0 Å². The van der Waals surface area contributed by atoms with Gasteiger partial charge in [0, 0.05) is 17.1 Å². The molecule has 1 N–H and O–H groups in total. The van der Waals surface area contributed by atoms with Crippen molar-refractivity contribution in [3.05, 3.63) is 0 Å². The predicted molar refractivity (Wildman–Crippen MR) is 22.0 cm³/mol. The third kappa shape index (κ3) is 260. The van der Waals surface area contributed by atoms with Crippen LogP contribution in [0.3, 0.4) is 0 Å². The van der Waals surface area contributed by atoms with Crippen LogP contribution in [0.25, 0.3) is 0 Å². The third-order valence-corrected chi connectivity index (χ3v) is 0. The van der Waals surface area contributed by atoms with Crippen molar-refractivity contribution in [2.45, 2.75) is 26.4 Å². The summed E-state index contributed by atoms with van der Waals surface area (Å²) in [4.78, 5) is 0. The standard InChI is InChI=1S/C4H10O.ClH.Mn/c1-4(2,3)5;;/h5H,1-3H3;1H;/p-1. The molecule has 0 aromatic heterocycles. The van der Waals surface area contributed by atoms with E-state index >= 15 is 0 Å². The normalized spacial score (nSPS) is 8.57. The Balaban J connectivity index is -0.0000000800. The summed E-state index contributed by atoms with van der Waals surface area (Å²) >= 11 is 0. The molecule has 0 saturated carbocycles. The van der Waals surface area contributed by atoms with Crippen molar-refractivity contribution in [2.75, 3.05) is 0 Å². The van der Waals surface area contributed by atoms with E-state index in [1.54, 1.807) is 20.8 Å². The van der Waals surface area contributed by atoms with Gasteiger partial charge in [-0.15, -0.1) is 0 Å². The van der Waals surface area contributed by atoms with Gasteiger partial charge in [0.2, 0.25) is 0 Å². The second-order valence-corrected chi connectivity index (χ2v) is 2.17. The SMILES string of the molecule is CC(C)(C)O.[Cl-].[Mn]. The van der Waals surface area contributed by atoms with Crippen LogP contribution in [-0.4, -0.2) is 10.7 Å². The number of halogens is 1. The van der Waals surface area contributed by atoms with Crippen molar-refractivity contribution in [2.24, 2.45) is 0 Å². The van der Waals surface area contributed by atoms with Crippen LogP contribution in [0.2, 0.25) is 0 Å². The monoisotopic (exact) mass is 164 g/mol. The Labute approximate surface area is 61.4 Å². The molecular formula is C4H10ClMnO-. The molecule has 0 saturated heterocycles. The number of hydrogen-bond donors (Lipinski definition) is 1. The molecule has 3 heteroatoms. The minimum absolute atomic E-state index is 0. The molecule has 0 spiro atoms. The van der Waals surface area contributed by atoms with E-state index in [1.165, 1.54) is 0 Å². The second-order valence-electron chi connectivity index (χ2n) is 2.17. The first kappa shape index (κ1) is 15.7. The molecule has 0 aliphatic rings. The van der Waals surface area contributed by atoms with Crippen LogP contribution >= 0.6 is 0 Å². The Kier molecular flexibility index (Phi) is 11.0. The first-order valence-electron chi connectivity index (χ1n) is 1.72. The summed E-state index contributed by atoms with van der Waals surface area (Å²) in [5.74, 6) is 0. The molecule has 0 rings (SSSR count). The van der Waals surface area contributed by atoms with Gasteiger partial charge in [0.25, 0.3) is 0 Å². The van der Waals surface area contributed by atoms with Crippen LogP contribution in [-0.2, 0) is 17.1 Å². The molecule has 0 atom stereocenters. The van der Waals surface area contributed by atoms with Crippen molar-refractivity contribution in [3.8, 4) is 0 Å². The van der Waals surface area contributed by atoms with Crippen LogP contribution in [0.15, 0.2) is 0 Å². The molecule has 0 heterocycles. The van der Waals surface area contributed by atoms with E-state index in [9.17, 15) is 0 Å². The van der Waals surface area contributed by atoms with E-state index < -0.39 is 5.60 Å². The Bertz CT molecular complexity index is 27.2. The third-order valence-electron chi connectivity index (χ3n) is 0. The maximum atomic E-state index is 8.52. The largest absolute Gasteiger partial charge is 1.00 e. The summed E-state index contributed by atoms with van der Waals surface area (Å²) in [5, 5.41) is 8.52. The maximum absolute atomic E-state index is 8.52. The van der Waals surface area contributed by atoms with Gasteiger partial charge in [0.1, 0.15) is 0 Å². The fourth-order valence-corrected chi connectivity index (χ4v) is 0. The summed E-state index contributed by atoms with van der Waals surface area (Å²) in [6.45, 7) is 5.23. The molecule has 0 unspecified atom stereocenters. The average molecular weight is 165 g/mol. The van der Waals surface area contributed by atoms with Gasteiger partial charge in [-0.05, 0) is 20.8 Å². The quantitative estimate of drug-likeness (QED) is 0.402. The second kappa shape index (κ2) is 4.92. The van der Waals surface area contributed by atoms with E-state index in [4.69, 9.17) is 5.11 Å². The zero-order chi connectivity index (χ0) is 4.50. The van der Waals surface area contributed by atoms with E-state index in [1.807, 2.05) is 0 Å². The Morgan fingerprint density at radius 1 is 1.14 bits per heavy atom. The predicted octanol–water partition coefficient (Wildman–Crippen LogP) is -2.22. The van der Waals surface area contributed by atoms with E-state index in [0.29, 0.717) is 0 Å². The zero-order valence-electron chi connectivity index (χ0n) is 4.70. The Morgan fingerprint density at radius 2 is 1.14 bits per heavy atom. The topological polar surface area (TPSA) is 20.2 Å². The van der Waals surface area contributed by atoms with Crippen LogP contribution in [0, 0.1) is 0 Å². The van der Waals surface area contributed by atoms with E-state index in [2.05, 4.69) is 0 Å². The number of hydrogen-bond acceptors (Lipinski definition) is 1. The molecule has 1 radical (unpaired) electrons. The van der Waals surface area contributed by atoms with Gasteiger partial charge in [-0.25, -0.2) is 0 Å². The molecule has 0 amide bonds. The van der Waals surface area contributed by atoms with Crippen molar-refractivity contribution in [3.63, 3.8) is 0 Å². The summed E-state index contributed by atoms with van der Waals surface area (Å²) in [5.41, 5.74) is -0.500. The zero-order valence-corrected chi connectivity index (χ0v) is 6.64. The van der Waals surface area contributed by atoms with Crippen molar-refractivity contribution < 1.29 is 34.6 Å². The van der Waals surface area contributed by atoms with Crippen LogP contribution < -0.4 is 12.4 Å². The molecule has 1 nitrogen and oxygen atoms in total. The Hall–Kier alpha value is 0.769. The fraction of sp³-hybridized carbons (Fsp3) is 1.00. The smallest absolute Gasteiger partial charge is 0.0563 e. The van der Waals surface area contributed by atoms with Gasteiger partial charge >= 0.3 is 0 Å². The van der Waals surface area contributed by atoms with Crippen LogP contribution in [0.5, 0.6) is 0 Å². The van der Waals surface area contributed by atoms with Gasteiger partial charge in [0.05, 0.1) is 5.60 Å². The van der Waals surface area contributed by atoms with Crippen molar-refractivity contribution >= 4 is 0 Å². The van der Waals surface area contributed by atoms with Gasteiger partial charge in [-0.3, -0.25) is 0 Å². The summed E-state index contributed by atoms with van der Waals surface area (Å²) in [6.07, 6.45) is 0. The molecule has 0 aliphatic heterocycles. The van der Waals surface area contributed by atoms with E-state index in [0.717, 1.165) is 0 Å². The van der Waals surface area contributed by atoms with E-state index in [-0.39, 0.29) is 29.5 Å². The minimum Gasteiger partial charge on any atom is -1.00 e. The summed E-state index contributed by atoms with van der Waals surface area (Å²) < 4.78 is 0. The molecule has 0 aliphatic carbocycles. The molecule has 0 aromatic carbocycles. The maximum Gasteiger partial charge on any atom is 0.0563 e. The van der Waals surface area contributed by atoms with Crippen molar-refractivity contribution in [1.82, 2.24) is 0 Å². The van der Waals surface area contributed by atoms with Crippen molar-refractivity contribution in [1.29, 1.82) is 0 Å². The molecule has 0 aromatic rings. The summed E-state index contributed by atoms with van der Waals surface area (Å²) in [7, 11) is 0. The molecule has 7 heavy (non-hydrogen) atoms.